The molecule has 1 fully saturated rings. The zero-order valence-electron chi connectivity index (χ0n) is 14.2. The summed E-state index contributed by atoms with van der Waals surface area (Å²) in [4.78, 5) is 23.3. The number of aryl methyl sites for hydroxylation is 1. The first-order valence-corrected chi connectivity index (χ1v) is 9.05. The van der Waals surface area contributed by atoms with Crippen LogP contribution in [-0.2, 0) is 0 Å². The molecule has 1 aromatic heterocycles. The summed E-state index contributed by atoms with van der Waals surface area (Å²) in [6.45, 7) is 5.47. The SMILES string of the molecule is Cc1nc(Nc2cc(Cl)ccc2Cl)cc(C(=O)N2CCCC(C)C2)n1. The summed E-state index contributed by atoms with van der Waals surface area (Å²) < 4.78 is 0. The number of nitrogens with zero attached hydrogens (tertiary/aromatic N) is 3. The van der Waals surface area contributed by atoms with Crippen molar-refractivity contribution in [3.05, 3.63) is 45.8 Å². The van der Waals surface area contributed by atoms with Crippen molar-refractivity contribution in [2.45, 2.75) is 26.7 Å². The summed E-state index contributed by atoms with van der Waals surface area (Å²) in [6.07, 6.45) is 2.19. The van der Waals surface area contributed by atoms with E-state index in [0.717, 1.165) is 25.9 Å². The zero-order valence-corrected chi connectivity index (χ0v) is 15.7. The minimum atomic E-state index is -0.0581. The van der Waals surface area contributed by atoms with Crippen LogP contribution in [0.25, 0.3) is 0 Å². The number of halogens is 2. The number of aromatic nitrogens is 2. The average molecular weight is 379 g/mol. The maximum Gasteiger partial charge on any atom is 0.272 e. The van der Waals surface area contributed by atoms with Crippen LogP contribution < -0.4 is 5.32 Å². The van der Waals surface area contributed by atoms with E-state index in [1.807, 2.05) is 4.90 Å². The monoisotopic (exact) mass is 378 g/mol. The molecule has 1 atom stereocenters. The minimum Gasteiger partial charge on any atom is -0.339 e. The lowest BCUT2D eigenvalue weighted by molar-refractivity contribution is 0.0676. The molecule has 1 amide bonds. The summed E-state index contributed by atoms with van der Waals surface area (Å²) in [7, 11) is 0. The third kappa shape index (κ3) is 4.41. The molecule has 2 aromatic rings. The van der Waals surface area contributed by atoms with Gasteiger partial charge < -0.3 is 10.2 Å². The van der Waals surface area contributed by atoms with Crippen molar-refractivity contribution in [1.29, 1.82) is 0 Å². The molecule has 0 saturated carbocycles. The minimum absolute atomic E-state index is 0.0581. The van der Waals surface area contributed by atoms with E-state index in [4.69, 9.17) is 23.2 Å². The molecule has 1 N–H and O–H groups in total. The summed E-state index contributed by atoms with van der Waals surface area (Å²) in [6, 6.07) is 6.80. The predicted molar refractivity (Wildman–Crippen MR) is 101 cm³/mol. The number of hydrogen-bond donors (Lipinski definition) is 1. The molecule has 0 aliphatic carbocycles. The summed E-state index contributed by atoms with van der Waals surface area (Å²) in [5, 5.41) is 4.21. The van der Waals surface area contributed by atoms with Crippen molar-refractivity contribution in [3.63, 3.8) is 0 Å². The van der Waals surface area contributed by atoms with Gasteiger partial charge in [0.25, 0.3) is 5.91 Å². The Labute approximate surface area is 157 Å². The second kappa shape index (κ2) is 7.58. The molecule has 1 aromatic carbocycles. The molecule has 0 bridgehead atoms. The molecule has 25 heavy (non-hydrogen) atoms. The van der Waals surface area contributed by atoms with E-state index in [2.05, 4.69) is 22.2 Å². The second-order valence-corrected chi connectivity index (χ2v) is 7.28. The maximum absolute atomic E-state index is 12.8. The number of anilines is 2. The molecule has 1 unspecified atom stereocenters. The van der Waals surface area contributed by atoms with Gasteiger partial charge in [-0.1, -0.05) is 30.1 Å². The van der Waals surface area contributed by atoms with Crippen LogP contribution in [0.2, 0.25) is 10.0 Å². The fourth-order valence-electron chi connectivity index (χ4n) is 3.01. The zero-order chi connectivity index (χ0) is 18.0. The highest BCUT2D eigenvalue weighted by Gasteiger charge is 2.23. The Bertz CT molecular complexity index is 797. The van der Waals surface area contributed by atoms with E-state index in [-0.39, 0.29) is 5.91 Å². The smallest absolute Gasteiger partial charge is 0.272 e. The molecule has 1 aliphatic rings. The fraction of sp³-hybridized carbons (Fsp3) is 0.389. The van der Waals surface area contributed by atoms with Gasteiger partial charge in [-0.25, -0.2) is 9.97 Å². The topological polar surface area (TPSA) is 58.1 Å². The molecule has 3 rings (SSSR count). The molecule has 7 heteroatoms. The van der Waals surface area contributed by atoms with Crippen LogP contribution in [0.15, 0.2) is 24.3 Å². The number of likely N-dealkylation sites (tertiary alicyclic amines) is 1. The van der Waals surface area contributed by atoms with Crippen LogP contribution in [0.5, 0.6) is 0 Å². The lowest BCUT2D eigenvalue weighted by atomic mass is 10.00. The first kappa shape index (κ1) is 18.0. The first-order valence-electron chi connectivity index (χ1n) is 8.29. The molecular formula is C18H20Cl2N4O. The van der Waals surface area contributed by atoms with Gasteiger partial charge in [0.2, 0.25) is 0 Å². The van der Waals surface area contributed by atoms with E-state index in [1.165, 1.54) is 0 Å². The van der Waals surface area contributed by atoms with Crippen molar-refractivity contribution < 1.29 is 4.79 Å². The second-order valence-electron chi connectivity index (χ2n) is 6.43. The molecule has 1 saturated heterocycles. The van der Waals surface area contributed by atoms with Gasteiger partial charge in [-0.15, -0.1) is 0 Å². The molecule has 0 radical (unpaired) electrons. The molecule has 2 heterocycles. The van der Waals surface area contributed by atoms with Crippen LogP contribution in [-0.4, -0.2) is 33.9 Å². The third-order valence-corrected chi connectivity index (χ3v) is 4.76. The lowest BCUT2D eigenvalue weighted by Crippen LogP contribution is -2.39. The van der Waals surface area contributed by atoms with Crippen LogP contribution >= 0.6 is 23.2 Å². The number of amides is 1. The van der Waals surface area contributed by atoms with Crippen molar-refractivity contribution >= 4 is 40.6 Å². The Morgan fingerprint density at radius 1 is 1.28 bits per heavy atom. The number of carbonyl (C=O) groups excluding carboxylic acids is 1. The van der Waals surface area contributed by atoms with E-state index in [0.29, 0.717) is 39.0 Å². The Kier molecular flexibility index (Phi) is 5.45. The van der Waals surface area contributed by atoms with E-state index in [1.54, 1.807) is 31.2 Å². The van der Waals surface area contributed by atoms with Gasteiger partial charge in [-0.2, -0.15) is 0 Å². The Hall–Kier alpha value is -1.85. The normalized spacial score (nSPS) is 17.4. The molecule has 0 spiro atoms. The highest BCUT2D eigenvalue weighted by molar-refractivity contribution is 6.35. The highest BCUT2D eigenvalue weighted by atomic mass is 35.5. The van der Waals surface area contributed by atoms with Crippen LogP contribution in [0.4, 0.5) is 11.5 Å². The van der Waals surface area contributed by atoms with Crippen LogP contribution in [0, 0.1) is 12.8 Å². The number of nitrogens with one attached hydrogen (secondary N) is 1. The molecule has 1 aliphatic heterocycles. The van der Waals surface area contributed by atoms with Gasteiger partial charge >= 0.3 is 0 Å². The average Bonchev–Trinajstić information content (AvgIpc) is 2.57. The van der Waals surface area contributed by atoms with Gasteiger partial charge in [0.05, 0.1) is 10.7 Å². The van der Waals surface area contributed by atoms with Crippen molar-refractivity contribution in [2.24, 2.45) is 5.92 Å². The summed E-state index contributed by atoms with van der Waals surface area (Å²) >= 11 is 12.2. The number of piperidine rings is 1. The standard InChI is InChI=1S/C18H20Cl2N4O/c1-11-4-3-7-24(10-11)18(25)16-9-17(22-12(2)21-16)23-15-8-13(19)5-6-14(15)20/h5-6,8-9,11H,3-4,7,10H2,1-2H3,(H,21,22,23). The number of carbonyl (C=O) groups is 1. The Balaban J connectivity index is 1.85. The largest absolute Gasteiger partial charge is 0.339 e. The van der Waals surface area contributed by atoms with E-state index < -0.39 is 0 Å². The van der Waals surface area contributed by atoms with Gasteiger partial charge in [-0.05, 0) is 43.9 Å². The fourth-order valence-corrected chi connectivity index (χ4v) is 3.35. The number of rotatable bonds is 3. The summed E-state index contributed by atoms with van der Waals surface area (Å²) in [5.74, 6) is 1.50. The maximum atomic E-state index is 12.8. The van der Waals surface area contributed by atoms with Crippen molar-refractivity contribution in [3.8, 4) is 0 Å². The Morgan fingerprint density at radius 2 is 2.08 bits per heavy atom. The summed E-state index contributed by atoms with van der Waals surface area (Å²) in [5.41, 5.74) is 1.03. The number of benzene rings is 1. The molecule has 132 valence electrons. The molecule has 5 nitrogen and oxygen atoms in total. The quantitative estimate of drug-likeness (QED) is 0.839. The van der Waals surface area contributed by atoms with E-state index in [9.17, 15) is 4.79 Å². The predicted octanol–water partition coefficient (Wildman–Crippen LogP) is 4.71. The Morgan fingerprint density at radius 3 is 2.84 bits per heavy atom. The third-order valence-electron chi connectivity index (χ3n) is 4.19. The lowest BCUT2D eigenvalue weighted by Gasteiger charge is -2.30. The van der Waals surface area contributed by atoms with Crippen molar-refractivity contribution in [2.75, 3.05) is 18.4 Å². The van der Waals surface area contributed by atoms with Gasteiger partial charge in [0.1, 0.15) is 17.3 Å². The van der Waals surface area contributed by atoms with Gasteiger partial charge in [0, 0.05) is 24.2 Å². The number of hydrogen-bond acceptors (Lipinski definition) is 4. The van der Waals surface area contributed by atoms with Gasteiger partial charge in [-0.3, -0.25) is 4.79 Å². The van der Waals surface area contributed by atoms with E-state index >= 15 is 0 Å². The van der Waals surface area contributed by atoms with Gasteiger partial charge in [0.15, 0.2) is 0 Å². The first-order chi connectivity index (χ1) is 11.9. The highest BCUT2D eigenvalue weighted by Crippen LogP contribution is 2.28. The van der Waals surface area contributed by atoms with Crippen LogP contribution in [0.3, 0.4) is 0 Å². The molecular weight excluding hydrogens is 359 g/mol. The van der Waals surface area contributed by atoms with Crippen molar-refractivity contribution in [1.82, 2.24) is 14.9 Å². The van der Waals surface area contributed by atoms with Crippen LogP contribution in [0.1, 0.15) is 36.1 Å².